The lowest BCUT2D eigenvalue weighted by Gasteiger charge is -2.33. The Bertz CT molecular complexity index is 330. The van der Waals surface area contributed by atoms with E-state index in [1.807, 2.05) is 7.05 Å². The quantitative estimate of drug-likeness (QED) is 0.819. The third-order valence-corrected chi connectivity index (χ3v) is 3.34. The first-order valence-corrected chi connectivity index (χ1v) is 5.81. The second-order valence-electron chi connectivity index (χ2n) is 4.83. The molecule has 5 heteroatoms. The average Bonchev–Trinajstić information content (AvgIpc) is 2.65. The van der Waals surface area contributed by atoms with Gasteiger partial charge in [-0.3, -0.25) is 4.68 Å². The van der Waals surface area contributed by atoms with Crippen LogP contribution in [0.15, 0.2) is 6.33 Å². The molecule has 90 valence electrons. The van der Waals surface area contributed by atoms with Crippen LogP contribution in [-0.4, -0.2) is 34.5 Å². The predicted octanol–water partition coefficient (Wildman–Crippen LogP) is 0.721. The highest BCUT2D eigenvalue weighted by Crippen LogP contribution is 2.28. The molecule has 0 atom stereocenters. The van der Waals surface area contributed by atoms with E-state index in [1.165, 1.54) is 0 Å². The summed E-state index contributed by atoms with van der Waals surface area (Å²) in [5.74, 6) is 0.982. The first-order valence-electron chi connectivity index (χ1n) is 5.81. The zero-order valence-electron chi connectivity index (χ0n) is 10.1. The van der Waals surface area contributed by atoms with Crippen LogP contribution in [0.5, 0.6) is 0 Å². The fraction of sp³-hybridized carbons (Fsp3) is 0.818. The van der Waals surface area contributed by atoms with Gasteiger partial charge >= 0.3 is 0 Å². The molecule has 0 aromatic carbocycles. The third-order valence-electron chi connectivity index (χ3n) is 3.34. The van der Waals surface area contributed by atoms with Gasteiger partial charge in [0.05, 0.1) is 6.54 Å². The van der Waals surface area contributed by atoms with Crippen molar-refractivity contribution in [2.75, 3.05) is 19.8 Å². The van der Waals surface area contributed by atoms with Crippen molar-refractivity contribution >= 4 is 0 Å². The monoisotopic (exact) mass is 224 g/mol. The van der Waals surface area contributed by atoms with Gasteiger partial charge in [0.25, 0.3) is 0 Å². The Balaban J connectivity index is 1.77. The highest BCUT2D eigenvalue weighted by atomic mass is 16.5. The maximum Gasteiger partial charge on any atom is 0.140 e. The lowest BCUT2D eigenvalue weighted by atomic mass is 9.82. The van der Waals surface area contributed by atoms with E-state index in [9.17, 15) is 0 Å². The van der Waals surface area contributed by atoms with Gasteiger partial charge in [-0.2, -0.15) is 5.10 Å². The normalized spacial score (nSPS) is 19.9. The maximum absolute atomic E-state index is 5.38. The van der Waals surface area contributed by atoms with Crippen LogP contribution >= 0.6 is 0 Å². The molecule has 2 rings (SSSR count). The molecule has 1 aliphatic rings. The Labute approximate surface area is 96.2 Å². The fourth-order valence-electron chi connectivity index (χ4n) is 2.00. The SMILES string of the molecule is Cn1ncnc1CNCC1(C)CCOCC1. The highest BCUT2D eigenvalue weighted by Gasteiger charge is 2.26. The molecule has 1 aromatic rings. The smallest absolute Gasteiger partial charge is 0.140 e. The van der Waals surface area contributed by atoms with Crippen molar-refractivity contribution in [3.05, 3.63) is 12.2 Å². The first kappa shape index (κ1) is 11.5. The van der Waals surface area contributed by atoms with Gasteiger partial charge in [-0.15, -0.1) is 0 Å². The molecular formula is C11H20N4O. The summed E-state index contributed by atoms with van der Waals surface area (Å²) >= 11 is 0. The molecule has 1 saturated heterocycles. The molecule has 1 N–H and O–H groups in total. The van der Waals surface area contributed by atoms with Crippen molar-refractivity contribution in [1.29, 1.82) is 0 Å². The van der Waals surface area contributed by atoms with E-state index < -0.39 is 0 Å². The molecule has 1 fully saturated rings. The fourth-order valence-corrected chi connectivity index (χ4v) is 2.00. The van der Waals surface area contributed by atoms with E-state index in [0.717, 1.165) is 45.0 Å². The first-order chi connectivity index (χ1) is 7.70. The molecule has 0 amide bonds. The van der Waals surface area contributed by atoms with Crippen LogP contribution in [0.3, 0.4) is 0 Å². The minimum absolute atomic E-state index is 0.372. The molecular weight excluding hydrogens is 204 g/mol. The van der Waals surface area contributed by atoms with Gasteiger partial charge in [-0.25, -0.2) is 4.98 Å². The molecule has 0 radical (unpaired) electrons. The molecule has 1 aromatic heterocycles. The van der Waals surface area contributed by atoms with E-state index in [2.05, 4.69) is 22.3 Å². The lowest BCUT2D eigenvalue weighted by Crippen LogP contribution is -2.36. The van der Waals surface area contributed by atoms with Gasteiger partial charge in [0, 0.05) is 26.8 Å². The summed E-state index contributed by atoms with van der Waals surface area (Å²) in [7, 11) is 1.92. The molecule has 0 unspecified atom stereocenters. The van der Waals surface area contributed by atoms with Crippen LogP contribution < -0.4 is 5.32 Å². The minimum Gasteiger partial charge on any atom is -0.381 e. The van der Waals surface area contributed by atoms with E-state index in [0.29, 0.717) is 5.41 Å². The number of nitrogens with one attached hydrogen (secondary N) is 1. The van der Waals surface area contributed by atoms with E-state index in [4.69, 9.17) is 4.74 Å². The largest absolute Gasteiger partial charge is 0.381 e. The summed E-state index contributed by atoms with van der Waals surface area (Å²) in [6, 6.07) is 0. The summed E-state index contributed by atoms with van der Waals surface area (Å²) in [5, 5.41) is 7.50. The highest BCUT2D eigenvalue weighted by molar-refractivity contribution is 4.85. The maximum atomic E-state index is 5.38. The summed E-state index contributed by atoms with van der Waals surface area (Å²) in [4.78, 5) is 4.19. The van der Waals surface area contributed by atoms with Crippen molar-refractivity contribution in [2.45, 2.75) is 26.3 Å². The summed E-state index contributed by atoms with van der Waals surface area (Å²) in [5.41, 5.74) is 0.372. The van der Waals surface area contributed by atoms with Gasteiger partial charge in [0.15, 0.2) is 0 Å². The molecule has 1 aliphatic heterocycles. The Morgan fingerprint density at radius 1 is 1.50 bits per heavy atom. The van der Waals surface area contributed by atoms with E-state index >= 15 is 0 Å². The number of aromatic nitrogens is 3. The van der Waals surface area contributed by atoms with E-state index in [-0.39, 0.29) is 0 Å². The average molecular weight is 224 g/mol. The van der Waals surface area contributed by atoms with Gasteiger partial charge in [0.2, 0.25) is 0 Å². The number of nitrogens with zero attached hydrogens (tertiary/aromatic N) is 3. The Morgan fingerprint density at radius 2 is 2.25 bits per heavy atom. The topological polar surface area (TPSA) is 52.0 Å². The van der Waals surface area contributed by atoms with Crippen LogP contribution in [-0.2, 0) is 18.3 Å². The Hall–Kier alpha value is -0.940. The Morgan fingerprint density at radius 3 is 2.88 bits per heavy atom. The van der Waals surface area contributed by atoms with Gasteiger partial charge in [-0.1, -0.05) is 6.92 Å². The number of hydrogen-bond acceptors (Lipinski definition) is 4. The zero-order valence-corrected chi connectivity index (χ0v) is 10.1. The second-order valence-corrected chi connectivity index (χ2v) is 4.83. The van der Waals surface area contributed by atoms with Gasteiger partial charge in [-0.05, 0) is 18.3 Å². The third kappa shape index (κ3) is 2.80. The van der Waals surface area contributed by atoms with Crippen LogP contribution in [0.4, 0.5) is 0 Å². The van der Waals surface area contributed by atoms with Crippen LogP contribution in [0, 0.1) is 5.41 Å². The second kappa shape index (κ2) is 4.93. The van der Waals surface area contributed by atoms with Crippen molar-refractivity contribution in [3.63, 3.8) is 0 Å². The standard InChI is InChI=1S/C11H20N4O/c1-11(3-5-16-6-4-11)8-12-7-10-13-9-14-15(10)2/h9,12H,3-8H2,1-2H3. The molecule has 0 spiro atoms. The van der Waals surface area contributed by atoms with Crippen molar-refractivity contribution < 1.29 is 4.74 Å². The van der Waals surface area contributed by atoms with Crippen LogP contribution in [0.25, 0.3) is 0 Å². The molecule has 5 nitrogen and oxygen atoms in total. The summed E-state index contributed by atoms with van der Waals surface area (Å²) in [6.45, 7) is 5.90. The van der Waals surface area contributed by atoms with Crippen molar-refractivity contribution in [1.82, 2.24) is 20.1 Å². The predicted molar refractivity (Wildman–Crippen MR) is 60.9 cm³/mol. The molecule has 0 saturated carbocycles. The summed E-state index contributed by atoms with van der Waals surface area (Å²) < 4.78 is 7.19. The van der Waals surface area contributed by atoms with Crippen LogP contribution in [0.2, 0.25) is 0 Å². The number of aryl methyl sites for hydroxylation is 1. The summed E-state index contributed by atoms with van der Waals surface area (Å²) in [6.07, 6.45) is 3.87. The number of hydrogen-bond donors (Lipinski definition) is 1. The molecule has 16 heavy (non-hydrogen) atoms. The van der Waals surface area contributed by atoms with Crippen LogP contribution in [0.1, 0.15) is 25.6 Å². The number of rotatable bonds is 4. The molecule has 0 aliphatic carbocycles. The Kier molecular flexibility index (Phi) is 3.56. The minimum atomic E-state index is 0.372. The number of ether oxygens (including phenoxy) is 1. The van der Waals surface area contributed by atoms with Crippen molar-refractivity contribution in [3.8, 4) is 0 Å². The zero-order chi connectivity index (χ0) is 11.4. The molecule has 2 heterocycles. The molecule has 0 bridgehead atoms. The van der Waals surface area contributed by atoms with Crippen molar-refractivity contribution in [2.24, 2.45) is 12.5 Å². The lowest BCUT2D eigenvalue weighted by molar-refractivity contribution is 0.0239. The van der Waals surface area contributed by atoms with Gasteiger partial charge < -0.3 is 10.1 Å². The van der Waals surface area contributed by atoms with E-state index in [1.54, 1.807) is 11.0 Å². The van der Waals surface area contributed by atoms with Gasteiger partial charge in [0.1, 0.15) is 12.2 Å².